The molecule has 0 aromatic heterocycles. The van der Waals surface area contributed by atoms with Crippen LogP contribution in [0.2, 0.25) is 0 Å². The van der Waals surface area contributed by atoms with Crippen LogP contribution >= 0.6 is 11.8 Å². The van der Waals surface area contributed by atoms with Crippen LogP contribution in [0.4, 0.5) is 19.7 Å². The van der Waals surface area contributed by atoms with E-state index in [0.29, 0.717) is 0 Å². The first-order valence-electron chi connectivity index (χ1n) is 7.61. The van der Waals surface area contributed by atoms with Gasteiger partial charge in [0.15, 0.2) is 0 Å². The predicted octanol–water partition coefficient (Wildman–Crippen LogP) is 3.07. The number of anilines is 1. The smallest absolute Gasteiger partial charge is 0.412 e. The van der Waals surface area contributed by atoms with Crippen LogP contribution in [0.15, 0.2) is 12.1 Å². The van der Waals surface area contributed by atoms with Crippen molar-refractivity contribution < 1.29 is 28.6 Å². The molecule has 1 saturated heterocycles. The Balaban J connectivity index is 2.26. The van der Waals surface area contributed by atoms with E-state index >= 15 is 0 Å². The summed E-state index contributed by atoms with van der Waals surface area (Å²) in [6.45, 7) is 5.10. The number of hydrogen-bond donors (Lipinski definition) is 2. The number of carbonyl (C=O) groups is 3. The van der Waals surface area contributed by atoms with Crippen molar-refractivity contribution in [3.63, 3.8) is 0 Å². The Hall–Kier alpha value is -2.29. The average Bonchev–Trinajstić information content (AvgIpc) is 2.73. The van der Waals surface area contributed by atoms with Gasteiger partial charge < -0.3 is 9.84 Å². The van der Waals surface area contributed by atoms with Gasteiger partial charge in [-0.15, -0.1) is 0 Å². The summed E-state index contributed by atoms with van der Waals surface area (Å²) in [5.41, 5.74) is -0.679. The molecule has 2 aliphatic heterocycles. The molecule has 7 nitrogen and oxygen atoms in total. The molecule has 25 heavy (non-hydrogen) atoms. The highest BCUT2D eigenvalue weighted by molar-refractivity contribution is 8.15. The van der Waals surface area contributed by atoms with E-state index in [1.807, 2.05) is 0 Å². The number of nitrogens with one attached hydrogen (secondary N) is 1. The molecule has 0 aliphatic carbocycles. The zero-order chi connectivity index (χ0) is 18.6. The van der Waals surface area contributed by atoms with E-state index in [9.17, 15) is 23.9 Å². The standard InChI is InChI=1S/C16H17FN2O5S/c1-15(2,3)19(14(22)23)10-7-8(17)6-9-11(10)24-5-4-16(9)12(20)18-13(21)25-16/h6-7H,4-5H2,1-3H3,(H,22,23)(H,18,20,21). The number of carbonyl (C=O) groups excluding carboxylic acids is 2. The lowest BCUT2D eigenvalue weighted by Crippen LogP contribution is -2.46. The molecule has 1 aromatic rings. The molecule has 3 rings (SSSR count). The number of fused-ring (bicyclic) bond motifs is 2. The zero-order valence-electron chi connectivity index (χ0n) is 13.9. The van der Waals surface area contributed by atoms with Crippen LogP contribution in [0.5, 0.6) is 5.75 Å². The summed E-state index contributed by atoms with van der Waals surface area (Å²) < 4.78 is 18.7. The van der Waals surface area contributed by atoms with E-state index in [1.54, 1.807) is 20.8 Å². The lowest BCUT2D eigenvalue weighted by atomic mass is 9.89. The van der Waals surface area contributed by atoms with Crippen LogP contribution in [0.25, 0.3) is 0 Å². The number of hydrogen-bond acceptors (Lipinski definition) is 5. The SMILES string of the molecule is CC(C)(C)N(C(=O)O)c1cc(F)cc2c1OCCC21SC(=O)NC1=O. The Morgan fingerprint density at radius 3 is 2.60 bits per heavy atom. The summed E-state index contributed by atoms with van der Waals surface area (Å²) >= 11 is 0.772. The molecule has 1 unspecified atom stereocenters. The minimum atomic E-state index is -1.30. The van der Waals surface area contributed by atoms with E-state index in [-0.39, 0.29) is 30.0 Å². The number of halogens is 1. The van der Waals surface area contributed by atoms with Gasteiger partial charge in [0.2, 0.25) is 5.91 Å². The molecule has 2 aliphatic rings. The molecule has 1 atom stereocenters. The van der Waals surface area contributed by atoms with Crippen molar-refractivity contribution in [3.05, 3.63) is 23.5 Å². The Morgan fingerprint density at radius 1 is 1.40 bits per heavy atom. The molecule has 1 fully saturated rings. The molecule has 2 heterocycles. The Morgan fingerprint density at radius 2 is 2.08 bits per heavy atom. The van der Waals surface area contributed by atoms with E-state index in [2.05, 4.69) is 5.32 Å². The first kappa shape index (κ1) is 17.5. The second kappa shape index (κ2) is 5.62. The van der Waals surface area contributed by atoms with Crippen molar-refractivity contribution >= 4 is 34.7 Å². The molecule has 0 saturated carbocycles. The number of carboxylic acid groups (broad SMARTS) is 1. The third-order valence-corrected chi connectivity index (χ3v) is 5.37. The summed E-state index contributed by atoms with van der Waals surface area (Å²) in [5, 5.41) is 11.3. The van der Waals surface area contributed by atoms with Crippen molar-refractivity contribution in [1.82, 2.24) is 5.32 Å². The average molecular weight is 368 g/mol. The molecule has 9 heteroatoms. The van der Waals surface area contributed by atoms with Gasteiger partial charge in [-0.05, 0) is 38.6 Å². The van der Waals surface area contributed by atoms with Crippen LogP contribution in [0.3, 0.4) is 0 Å². The van der Waals surface area contributed by atoms with Gasteiger partial charge >= 0.3 is 6.09 Å². The number of nitrogens with zero attached hydrogens (tertiary/aromatic N) is 1. The first-order chi connectivity index (χ1) is 11.6. The van der Waals surface area contributed by atoms with Crippen LogP contribution in [0, 0.1) is 5.82 Å². The van der Waals surface area contributed by atoms with Crippen molar-refractivity contribution in [2.45, 2.75) is 37.5 Å². The van der Waals surface area contributed by atoms with E-state index < -0.39 is 33.3 Å². The monoisotopic (exact) mass is 368 g/mol. The van der Waals surface area contributed by atoms with Gasteiger partial charge in [-0.1, -0.05) is 0 Å². The molecule has 1 spiro atoms. The Labute approximate surface area is 147 Å². The lowest BCUT2D eigenvalue weighted by Gasteiger charge is -2.38. The van der Waals surface area contributed by atoms with E-state index in [0.717, 1.165) is 28.8 Å². The third kappa shape index (κ3) is 2.72. The van der Waals surface area contributed by atoms with Gasteiger partial charge in [-0.3, -0.25) is 19.8 Å². The van der Waals surface area contributed by atoms with Gasteiger partial charge in [0.1, 0.15) is 16.3 Å². The fraction of sp³-hybridized carbons (Fsp3) is 0.438. The highest BCUT2D eigenvalue weighted by Gasteiger charge is 2.53. The molecular formula is C16H17FN2O5S. The molecule has 1 aromatic carbocycles. The fourth-order valence-electron chi connectivity index (χ4n) is 3.15. The number of rotatable bonds is 1. The van der Waals surface area contributed by atoms with Crippen molar-refractivity contribution in [2.24, 2.45) is 0 Å². The molecule has 2 N–H and O–H groups in total. The molecular weight excluding hydrogens is 351 g/mol. The number of benzene rings is 1. The van der Waals surface area contributed by atoms with Gasteiger partial charge in [-0.2, -0.15) is 0 Å². The number of thioether (sulfide) groups is 1. The Bertz CT molecular complexity index is 791. The van der Waals surface area contributed by atoms with Crippen LogP contribution in [-0.4, -0.2) is 34.5 Å². The normalized spacial score (nSPS) is 22.4. The highest BCUT2D eigenvalue weighted by atomic mass is 32.2. The minimum Gasteiger partial charge on any atom is -0.491 e. The van der Waals surface area contributed by atoms with Crippen molar-refractivity contribution in [3.8, 4) is 5.75 Å². The topological polar surface area (TPSA) is 95.9 Å². The summed E-state index contributed by atoms with van der Waals surface area (Å²) in [7, 11) is 0. The summed E-state index contributed by atoms with van der Waals surface area (Å²) in [5.74, 6) is -1.13. The quantitative estimate of drug-likeness (QED) is 0.791. The molecule has 0 bridgehead atoms. The van der Waals surface area contributed by atoms with E-state index in [4.69, 9.17) is 4.74 Å². The van der Waals surface area contributed by atoms with Gasteiger partial charge in [-0.25, -0.2) is 9.18 Å². The van der Waals surface area contributed by atoms with Crippen molar-refractivity contribution in [2.75, 3.05) is 11.5 Å². The second-order valence-electron chi connectivity index (χ2n) is 6.86. The third-order valence-electron chi connectivity index (χ3n) is 4.12. The number of imide groups is 1. The fourth-order valence-corrected chi connectivity index (χ4v) is 4.20. The number of amides is 3. The van der Waals surface area contributed by atoms with Gasteiger partial charge in [0, 0.05) is 23.6 Å². The first-order valence-corrected chi connectivity index (χ1v) is 8.42. The van der Waals surface area contributed by atoms with Crippen LogP contribution in [-0.2, 0) is 9.54 Å². The summed E-state index contributed by atoms with van der Waals surface area (Å²) in [6, 6.07) is 2.20. The lowest BCUT2D eigenvalue weighted by molar-refractivity contribution is -0.122. The summed E-state index contributed by atoms with van der Waals surface area (Å²) in [4.78, 5) is 36.9. The Kier molecular flexibility index (Phi) is 3.94. The predicted molar refractivity (Wildman–Crippen MR) is 89.6 cm³/mol. The maximum absolute atomic E-state index is 14.3. The summed E-state index contributed by atoms with van der Waals surface area (Å²) in [6.07, 6.45) is -1.09. The highest BCUT2D eigenvalue weighted by Crippen LogP contribution is 2.53. The van der Waals surface area contributed by atoms with Crippen LogP contribution < -0.4 is 15.0 Å². The molecule has 3 amide bonds. The maximum Gasteiger partial charge on any atom is 0.412 e. The number of ether oxygens (including phenoxy) is 1. The molecule has 134 valence electrons. The second-order valence-corrected chi connectivity index (χ2v) is 8.13. The molecule has 0 radical (unpaired) electrons. The minimum absolute atomic E-state index is 0.0156. The van der Waals surface area contributed by atoms with E-state index in [1.165, 1.54) is 0 Å². The largest absolute Gasteiger partial charge is 0.491 e. The van der Waals surface area contributed by atoms with Gasteiger partial charge in [0.25, 0.3) is 5.24 Å². The van der Waals surface area contributed by atoms with Crippen LogP contribution in [0.1, 0.15) is 32.8 Å². The van der Waals surface area contributed by atoms with Crippen molar-refractivity contribution in [1.29, 1.82) is 0 Å². The zero-order valence-corrected chi connectivity index (χ0v) is 14.7. The van der Waals surface area contributed by atoms with Gasteiger partial charge in [0.05, 0.1) is 12.3 Å². The maximum atomic E-state index is 14.3.